The zero-order valence-electron chi connectivity index (χ0n) is 12.6. The number of nitrogens with one attached hydrogen (secondary N) is 1. The lowest BCUT2D eigenvalue weighted by atomic mass is 9.87. The molecule has 114 valence electrons. The number of aliphatic hydroxyl groups excluding tert-OH is 1. The molecule has 0 unspecified atom stereocenters. The SMILES string of the molecule is O=C(NCC1CCC(O)CC1)c1ccc2c(c1)CCCC2. The number of rotatable bonds is 3. The van der Waals surface area contributed by atoms with Gasteiger partial charge in [-0.1, -0.05) is 6.07 Å². The maximum Gasteiger partial charge on any atom is 0.251 e. The van der Waals surface area contributed by atoms with Crippen molar-refractivity contribution in [1.29, 1.82) is 0 Å². The zero-order chi connectivity index (χ0) is 14.7. The largest absolute Gasteiger partial charge is 0.393 e. The van der Waals surface area contributed by atoms with Crippen LogP contribution in [-0.4, -0.2) is 23.7 Å². The molecule has 1 amide bonds. The van der Waals surface area contributed by atoms with E-state index in [4.69, 9.17) is 0 Å². The highest BCUT2D eigenvalue weighted by molar-refractivity contribution is 5.94. The van der Waals surface area contributed by atoms with E-state index in [9.17, 15) is 9.90 Å². The second kappa shape index (κ2) is 6.61. The normalized spacial score (nSPS) is 25.2. The number of aliphatic hydroxyl groups is 1. The molecule has 0 atom stereocenters. The highest BCUT2D eigenvalue weighted by Gasteiger charge is 2.20. The Labute approximate surface area is 126 Å². The van der Waals surface area contributed by atoms with Gasteiger partial charge >= 0.3 is 0 Å². The summed E-state index contributed by atoms with van der Waals surface area (Å²) >= 11 is 0. The van der Waals surface area contributed by atoms with Gasteiger partial charge in [0, 0.05) is 12.1 Å². The highest BCUT2D eigenvalue weighted by Crippen LogP contribution is 2.24. The smallest absolute Gasteiger partial charge is 0.251 e. The van der Waals surface area contributed by atoms with Crippen LogP contribution < -0.4 is 5.32 Å². The second-order valence-corrected chi connectivity index (χ2v) is 6.58. The van der Waals surface area contributed by atoms with Crippen LogP contribution in [0, 0.1) is 5.92 Å². The Kier molecular flexibility index (Phi) is 4.59. The van der Waals surface area contributed by atoms with E-state index in [1.54, 1.807) is 0 Å². The molecule has 1 saturated carbocycles. The highest BCUT2D eigenvalue weighted by atomic mass is 16.3. The quantitative estimate of drug-likeness (QED) is 0.898. The number of hydrogen-bond donors (Lipinski definition) is 2. The van der Waals surface area contributed by atoms with Crippen molar-refractivity contribution >= 4 is 5.91 Å². The van der Waals surface area contributed by atoms with Gasteiger partial charge in [0.05, 0.1) is 6.10 Å². The summed E-state index contributed by atoms with van der Waals surface area (Å²) < 4.78 is 0. The van der Waals surface area contributed by atoms with Crippen LogP contribution in [0.4, 0.5) is 0 Å². The molecular formula is C18H25NO2. The van der Waals surface area contributed by atoms with Gasteiger partial charge < -0.3 is 10.4 Å². The minimum Gasteiger partial charge on any atom is -0.393 e. The average Bonchev–Trinajstić information content (AvgIpc) is 2.53. The molecule has 0 aromatic heterocycles. The molecule has 0 heterocycles. The fourth-order valence-corrected chi connectivity index (χ4v) is 3.56. The van der Waals surface area contributed by atoms with Crippen molar-refractivity contribution in [3.8, 4) is 0 Å². The van der Waals surface area contributed by atoms with Crippen LogP contribution in [0.5, 0.6) is 0 Å². The van der Waals surface area contributed by atoms with Gasteiger partial charge in [-0.3, -0.25) is 4.79 Å². The van der Waals surface area contributed by atoms with Crippen LogP contribution in [0.1, 0.15) is 60.0 Å². The molecule has 2 aliphatic carbocycles. The number of carbonyl (C=O) groups is 1. The van der Waals surface area contributed by atoms with Crippen molar-refractivity contribution in [3.05, 3.63) is 34.9 Å². The van der Waals surface area contributed by atoms with E-state index in [1.807, 2.05) is 6.07 Å². The third kappa shape index (κ3) is 3.65. The van der Waals surface area contributed by atoms with Crippen LogP contribution in [0.2, 0.25) is 0 Å². The number of fused-ring (bicyclic) bond motifs is 1. The van der Waals surface area contributed by atoms with Crippen molar-refractivity contribution in [1.82, 2.24) is 5.32 Å². The summed E-state index contributed by atoms with van der Waals surface area (Å²) in [6, 6.07) is 6.17. The Bertz CT molecular complexity index is 504. The van der Waals surface area contributed by atoms with E-state index >= 15 is 0 Å². The maximum absolute atomic E-state index is 12.3. The van der Waals surface area contributed by atoms with Gasteiger partial charge in [-0.25, -0.2) is 0 Å². The maximum atomic E-state index is 12.3. The summed E-state index contributed by atoms with van der Waals surface area (Å²) in [5.41, 5.74) is 3.57. The summed E-state index contributed by atoms with van der Waals surface area (Å²) in [5.74, 6) is 0.574. The van der Waals surface area contributed by atoms with Crippen LogP contribution in [0.25, 0.3) is 0 Å². The predicted molar refractivity (Wildman–Crippen MR) is 83.4 cm³/mol. The van der Waals surface area contributed by atoms with Gasteiger partial charge in [-0.15, -0.1) is 0 Å². The summed E-state index contributed by atoms with van der Waals surface area (Å²) in [5, 5.41) is 12.6. The van der Waals surface area contributed by atoms with Gasteiger partial charge in [0.15, 0.2) is 0 Å². The zero-order valence-corrected chi connectivity index (χ0v) is 12.6. The molecule has 2 aliphatic rings. The molecule has 1 aromatic rings. The van der Waals surface area contributed by atoms with Crippen LogP contribution >= 0.6 is 0 Å². The van der Waals surface area contributed by atoms with Crippen molar-refractivity contribution in [2.45, 2.75) is 57.5 Å². The fraction of sp³-hybridized carbons (Fsp3) is 0.611. The molecule has 0 saturated heterocycles. The Morgan fingerprint density at radius 2 is 1.81 bits per heavy atom. The van der Waals surface area contributed by atoms with Crippen molar-refractivity contribution in [2.75, 3.05) is 6.54 Å². The number of amides is 1. The minimum atomic E-state index is -0.127. The second-order valence-electron chi connectivity index (χ2n) is 6.58. The Hall–Kier alpha value is -1.35. The van der Waals surface area contributed by atoms with Gasteiger partial charge in [-0.2, -0.15) is 0 Å². The third-order valence-corrected chi connectivity index (χ3v) is 4.98. The monoisotopic (exact) mass is 287 g/mol. The van der Waals surface area contributed by atoms with Crippen LogP contribution in [0.15, 0.2) is 18.2 Å². The summed E-state index contributed by atoms with van der Waals surface area (Å²) in [6.45, 7) is 0.739. The fourth-order valence-electron chi connectivity index (χ4n) is 3.56. The van der Waals surface area contributed by atoms with Gasteiger partial charge in [-0.05, 0) is 80.5 Å². The molecule has 3 heteroatoms. The first-order valence-electron chi connectivity index (χ1n) is 8.30. The van der Waals surface area contributed by atoms with Crippen LogP contribution in [-0.2, 0) is 12.8 Å². The number of aryl methyl sites for hydroxylation is 2. The summed E-state index contributed by atoms with van der Waals surface area (Å²) in [6.07, 6.45) is 8.43. The average molecular weight is 287 g/mol. The van der Waals surface area contributed by atoms with Crippen molar-refractivity contribution < 1.29 is 9.90 Å². The Balaban J connectivity index is 1.55. The standard InChI is InChI=1S/C18H25NO2/c20-17-9-5-13(6-10-17)12-19-18(21)16-8-7-14-3-1-2-4-15(14)11-16/h7-8,11,13,17,20H,1-6,9-10,12H2,(H,19,21). The first-order valence-corrected chi connectivity index (χ1v) is 8.30. The van der Waals surface area contributed by atoms with Gasteiger partial charge in [0.1, 0.15) is 0 Å². The topological polar surface area (TPSA) is 49.3 Å². The Morgan fingerprint density at radius 3 is 2.57 bits per heavy atom. The number of benzene rings is 1. The van der Waals surface area contributed by atoms with Gasteiger partial charge in [0.2, 0.25) is 0 Å². The lowest BCUT2D eigenvalue weighted by Gasteiger charge is -2.25. The molecular weight excluding hydrogens is 262 g/mol. The molecule has 3 nitrogen and oxygen atoms in total. The predicted octanol–water partition coefficient (Wildman–Crippen LogP) is 2.85. The first-order chi connectivity index (χ1) is 10.2. The van der Waals surface area contributed by atoms with E-state index in [0.717, 1.165) is 50.6 Å². The Morgan fingerprint density at radius 1 is 1.10 bits per heavy atom. The lowest BCUT2D eigenvalue weighted by molar-refractivity contribution is 0.0910. The number of carbonyl (C=O) groups excluding carboxylic acids is 1. The molecule has 3 rings (SSSR count). The van der Waals surface area contributed by atoms with E-state index in [0.29, 0.717) is 5.92 Å². The third-order valence-electron chi connectivity index (χ3n) is 4.98. The molecule has 0 bridgehead atoms. The first kappa shape index (κ1) is 14.6. The molecule has 2 N–H and O–H groups in total. The van der Waals surface area contributed by atoms with E-state index in [2.05, 4.69) is 17.4 Å². The van der Waals surface area contributed by atoms with E-state index < -0.39 is 0 Å². The van der Waals surface area contributed by atoms with Crippen molar-refractivity contribution in [3.63, 3.8) is 0 Å². The summed E-state index contributed by atoms with van der Waals surface area (Å²) in [7, 11) is 0. The molecule has 21 heavy (non-hydrogen) atoms. The molecule has 0 aliphatic heterocycles. The van der Waals surface area contributed by atoms with Gasteiger partial charge in [0.25, 0.3) is 5.91 Å². The number of hydrogen-bond acceptors (Lipinski definition) is 2. The van der Waals surface area contributed by atoms with Crippen molar-refractivity contribution in [2.24, 2.45) is 5.92 Å². The lowest BCUT2D eigenvalue weighted by Crippen LogP contribution is -2.32. The van der Waals surface area contributed by atoms with E-state index in [-0.39, 0.29) is 12.0 Å². The molecule has 1 fully saturated rings. The molecule has 0 spiro atoms. The van der Waals surface area contributed by atoms with Crippen LogP contribution in [0.3, 0.4) is 0 Å². The molecule has 0 radical (unpaired) electrons. The minimum absolute atomic E-state index is 0.0505. The molecule has 1 aromatic carbocycles. The summed E-state index contributed by atoms with van der Waals surface area (Å²) in [4.78, 5) is 12.3. The van der Waals surface area contributed by atoms with E-state index in [1.165, 1.54) is 24.0 Å².